The van der Waals surface area contributed by atoms with E-state index in [0.717, 1.165) is 27.8 Å². The van der Waals surface area contributed by atoms with Crippen LogP contribution in [-0.4, -0.2) is 17.5 Å². The van der Waals surface area contributed by atoms with Crippen molar-refractivity contribution in [2.75, 3.05) is 11.9 Å². The average Bonchev–Trinajstić information content (AvgIpc) is 3.17. The second kappa shape index (κ2) is 8.87. The summed E-state index contributed by atoms with van der Waals surface area (Å²) in [7, 11) is 0. The molecular formula is C27H28N2O3. The first kappa shape index (κ1) is 21.6. The van der Waals surface area contributed by atoms with Gasteiger partial charge in [0, 0.05) is 11.3 Å². The Morgan fingerprint density at radius 3 is 2.41 bits per heavy atom. The molecule has 32 heavy (non-hydrogen) atoms. The number of fused-ring (bicyclic) bond motifs is 1. The number of anilines is 1. The molecule has 0 radical (unpaired) electrons. The molecule has 3 aromatic carbocycles. The molecule has 0 aliphatic carbocycles. The lowest BCUT2D eigenvalue weighted by Gasteiger charge is -2.11. The van der Waals surface area contributed by atoms with E-state index in [1.807, 2.05) is 61.5 Å². The van der Waals surface area contributed by atoms with E-state index in [0.29, 0.717) is 23.2 Å². The summed E-state index contributed by atoms with van der Waals surface area (Å²) in [4.78, 5) is 17.1. The Hall–Kier alpha value is -3.60. The largest absolute Gasteiger partial charge is 0.484 e. The summed E-state index contributed by atoms with van der Waals surface area (Å²) < 4.78 is 11.6. The molecule has 0 bridgehead atoms. The molecule has 5 nitrogen and oxygen atoms in total. The molecule has 0 fully saturated rings. The van der Waals surface area contributed by atoms with Crippen molar-refractivity contribution in [3.05, 3.63) is 76.9 Å². The molecule has 0 spiro atoms. The van der Waals surface area contributed by atoms with Gasteiger partial charge in [0.2, 0.25) is 5.89 Å². The van der Waals surface area contributed by atoms with Crippen LogP contribution >= 0.6 is 0 Å². The zero-order valence-corrected chi connectivity index (χ0v) is 19.2. The predicted molar refractivity (Wildman–Crippen MR) is 128 cm³/mol. The summed E-state index contributed by atoms with van der Waals surface area (Å²) in [5.41, 5.74) is 7.62. The van der Waals surface area contributed by atoms with Gasteiger partial charge in [0.25, 0.3) is 5.91 Å². The van der Waals surface area contributed by atoms with Crippen LogP contribution in [0.25, 0.3) is 22.6 Å². The normalized spacial score (nSPS) is 11.2. The third-order valence-electron chi connectivity index (χ3n) is 5.68. The fourth-order valence-corrected chi connectivity index (χ4v) is 3.48. The van der Waals surface area contributed by atoms with Gasteiger partial charge in [0.1, 0.15) is 11.3 Å². The SMILES string of the molecule is Cc1cc2nc(-c3ccc(C)c(NC(=O)COc4ccc(C(C)C)cc4)c3)oc2cc1C. The van der Waals surface area contributed by atoms with Crippen molar-refractivity contribution in [1.29, 1.82) is 0 Å². The van der Waals surface area contributed by atoms with Crippen molar-refractivity contribution in [1.82, 2.24) is 4.98 Å². The van der Waals surface area contributed by atoms with Gasteiger partial charge in [0.15, 0.2) is 12.2 Å². The minimum absolute atomic E-state index is 0.0634. The number of amides is 1. The van der Waals surface area contributed by atoms with E-state index in [4.69, 9.17) is 9.15 Å². The van der Waals surface area contributed by atoms with Crippen LogP contribution in [0.1, 0.15) is 42.0 Å². The number of nitrogens with zero attached hydrogens (tertiary/aromatic N) is 1. The second-order valence-electron chi connectivity index (χ2n) is 8.51. The number of aromatic nitrogens is 1. The zero-order chi connectivity index (χ0) is 22.8. The molecule has 0 saturated carbocycles. The Kier molecular flexibility index (Phi) is 5.99. The van der Waals surface area contributed by atoms with Gasteiger partial charge in [0.05, 0.1) is 0 Å². The Balaban J connectivity index is 1.47. The van der Waals surface area contributed by atoms with Crippen LogP contribution in [-0.2, 0) is 4.79 Å². The molecule has 0 atom stereocenters. The maximum Gasteiger partial charge on any atom is 0.262 e. The molecule has 1 aromatic heterocycles. The van der Waals surface area contributed by atoms with Gasteiger partial charge in [-0.25, -0.2) is 4.98 Å². The average molecular weight is 429 g/mol. The number of aryl methyl sites for hydroxylation is 3. The fraction of sp³-hybridized carbons (Fsp3) is 0.259. The number of carbonyl (C=O) groups excluding carboxylic acids is 1. The Morgan fingerprint density at radius 1 is 0.969 bits per heavy atom. The van der Waals surface area contributed by atoms with E-state index in [9.17, 15) is 4.79 Å². The Labute approximate surface area is 188 Å². The van der Waals surface area contributed by atoms with Crippen molar-refractivity contribution >= 4 is 22.7 Å². The lowest BCUT2D eigenvalue weighted by Crippen LogP contribution is -2.20. The summed E-state index contributed by atoms with van der Waals surface area (Å²) in [6.07, 6.45) is 0. The highest BCUT2D eigenvalue weighted by Crippen LogP contribution is 2.29. The van der Waals surface area contributed by atoms with Gasteiger partial charge in [-0.05, 0) is 85.3 Å². The summed E-state index contributed by atoms with van der Waals surface area (Å²) in [6.45, 7) is 10.3. The number of nitrogens with one attached hydrogen (secondary N) is 1. The van der Waals surface area contributed by atoms with E-state index in [1.54, 1.807) is 0 Å². The van der Waals surface area contributed by atoms with E-state index in [1.165, 1.54) is 11.1 Å². The van der Waals surface area contributed by atoms with Crippen LogP contribution in [0.5, 0.6) is 5.75 Å². The van der Waals surface area contributed by atoms with Crippen LogP contribution in [0, 0.1) is 20.8 Å². The van der Waals surface area contributed by atoms with Crippen LogP contribution < -0.4 is 10.1 Å². The molecule has 4 rings (SSSR count). The number of hydrogen-bond acceptors (Lipinski definition) is 4. The summed E-state index contributed by atoms with van der Waals surface area (Å²) in [5.74, 6) is 1.44. The summed E-state index contributed by atoms with van der Waals surface area (Å²) >= 11 is 0. The lowest BCUT2D eigenvalue weighted by molar-refractivity contribution is -0.118. The first-order valence-corrected chi connectivity index (χ1v) is 10.8. The molecule has 1 amide bonds. The van der Waals surface area contributed by atoms with Gasteiger partial charge in [-0.2, -0.15) is 0 Å². The second-order valence-corrected chi connectivity index (χ2v) is 8.51. The van der Waals surface area contributed by atoms with Crippen LogP contribution in [0.4, 0.5) is 5.69 Å². The first-order valence-electron chi connectivity index (χ1n) is 10.8. The van der Waals surface area contributed by atoms with Crippen LogP contribution in [0.3, 0.4) is 0 Å². The summed E-state index contributed by atoms with van der Waals surface area (Å²) in [6, 6.07) is 17.6. The van der Waals surface area contributed by atoms with E-state index in [-0.39, 0.29) is 12.5 Å². The molecule has 164 valence electrons. The number of benzene rings is 3. The lowest BCUT2D eigenvalue weighted by atomic mass is 10.0. The van der Waals surface area contributed by atoms with Gasteiger partial charge < -0.3 is 14.5 Å². The molecule has 4 aromatic rings. The maximum absolute atomic E-state index is 12.5. The fourth-order valence-electron chi connectivity index (χ4n) is 3.48. The topological polar surface area (TPSA) is 64.4 Å². The van der Waals surface area contributed by atoms with Crippen molar-refractivity contribution < 1.29 is 13.9 Å². The summed E-state index contributed by atoms with van der Waals surface area (Å²) in [5, 5.41) is 2.94. The standard InChI is InChI=1S/C27H28N2O3/c1-16(2)20-8-10-22(11-9-20)31-15-26(30)28-23-14-21(7-6-17(23)3)27-29-24-12-18(4)19(5)13-25(24)32-27/h6-14,16H,15H2,1-5H3,(H,28,30). The highest BCUT2D eigenvalue weighted by molar-refractivity contribution is 5.93. The zero-order valence-electron chi connectivity index (χ0n) is 19.2. The predicted octanol–water partition coefficient (Wildman–Crippen LogP) is 6.56. The Morgan fingerprint density at radius 2 is 1.69 bits per heavy atom. The molecule has 0 aliphatic heterocycles. The molecule has 0 saturated heterocycles. The van der Waals surface area contributed by atoms with Crippen molar-refractivity contribution in [2.24, 2.45) is 0 Å². The molecular weight excluding hydrogens is 400 g/mol. The van der Waals surface area contributed by atoms with Gasteiger partial charge in [-0.15, -0.1) is 0 Å². The first-order chi connectivity index (χ1) is 15.3. The molecule has 0 unspecified atom stereocenters. The number of hydrogen-bond donors (Lipinski definition) is 1. The molecule has 1 N–H and O–H groups in total. The minimum atomic E-state index is -0.220. The third kappa shape index (κ3) is 4.67. The van der Waals surface area contributed by atoms with Gasteiger partial charge >= 0.3 is 0 Å². The number of rotatable bonds is 6. The van der Waals surface area contributed by atoms with Crippen LogP contribution in [0.2, 0.25) is 0 Å². The quantitative estimate of drug-likeness (QED) is 0.378. The molecule has 5 heteroatoms. The maximum atomic E-state index is 12.5. The van der Waals surface area contributed by atoms with E-state index < -0.39 is 0 Å². The third-order valence-corrected chi connectivity index (χ3v) is 5.68. The molecule has 1 heterocycles. The minimum Gasteiger partial charge on any atom is -0.484 e. The van der Waals surface area contributed by atoms with E-state index >= 15 is 0 Å². The number of oxazole rings is 1. The highest BCUT2D eigenvalue weighted by atomic mass is 16.5. The molecule has 0 aliphatic rings. The van der Waals surface area contributed by atoms with Crippen molar-refractivity contribution in [3.63, 3.8) is 0 Å². The smallest absolute Gasteiger partial charge is 0.262 e. The van der Waals surface area contributed by atoms with Gasteiger partial charge in [-0.1, -0.05) is 32.0 Å². The monoisotopic (exact) mass is 428 g/mol. The van der Waals surface area contributed by atoms with Crippen molar-refractivity contribution in [2.45, 2.75) is 40.5 Å². The van der Waals surface area contributed by atoms with Crippen LogP contribution in [0.15, 0.2) is 59.0 Å². The van der Waals surface area contributed by atoms with Crippen molar-refractivity contribution in [3.8, 4) is 17.2 Å². The number of ether oxygens (including phenoxy) is 1. The van der Waals surface area contributed by atoms with E-state index in [2.05, 4.69) is 38.0 Å². The number of carbonyl (C=O) groups is 1. The van der Waals surface area contributed by atoms with Gasteiger partial charge in [-0.3, -0.25) is 4.79 Å². The highest BCUT2D eigenvalue weighted by Gasteiger charge is 2.13. The Bertz CT molecular complexity index is 1230.